The molecule has 1 aliphatic rings. The van der Waals surface area contributed by atoms with Gasteiger partial charge in [0.1, 0.15) is 11.5 Å². The van der Waals surface area contributed by atoms with E-state index in [1.165, 1.54) is 11.3 Å². The van der Waals surface area contributed by atoms with E-state index < -0.39 is 17.7 Å². The van der Waals surface area contributed by atoms with Gasteiger partial charge in [0.2, 0.25) is 0 Å². The maximum atomic E-state index is 13.2. The van der Waals surface area contributed by atoms with Crippen LogP contribution in [0.1, 0.15) is 47.0 Å². The number of hydrogen-bond acceptors (Lipinski definition) is 5. The first-order chi connectivity index (χ1) is 16.3. The number of nitrogens with zero attached hydrogens (tertiary/aromatic N) is 1. The van der Waals surface area contributed by atoms with Crippen molar-refractivity contribution in [3.63, 3.8) is 0 Å². The number of rotatable bonds is 7. The van der Waals surface area contributed by atoms with Gasteiger partial charge in [0.05, 0.1) is 24.8 Å². The first-order valence-electron chi connectivity index (χ1n) is 11.4. The fourth-order valence-electron chi connectivity index (χ4n) is 4.17. The molecule has 34 heavy (non-hydrogen) atoms. The molecule has 1 saturated heterocycles. The molecular weight excluding hydrogens is 446 g/mol. The van der Waals surface area contributed by atoms with Crippen molar-refractivity contribution in [2.24, 2.45) is 5.92 Å². The summed E-state index contributed by atoms with van der Waals surface area (Å²) in [5.74, 6) is -0.315. The molecule has 1 amide bonds. The Balaban J connectivity index is 1.79. The summed E-state index contributed by atoms with van der Waals surface area (Å²) in [4.78, 5) is 28.9. The molecule has 2 heterocycles. The average molecular weight is 476 g/mol. The number of ketones is 1. The lowest BCUT2D eigenvalue weighted by atomic mass is 9.94. The number of likely N-dealkylation sites (tertiary alicyclic amines) is 1. The van der Waals surface area contributed by atoms with Crippen molar-refractivity contribution in [1.82, 2.24) is 4.90 Å². The lowest BCUT2D eigenvalue weighted by Crippen LogP contribution is -2.28. The van der Waals surface area contributed by atoms with E-state index in [9.17, 15) is 14.7 Å². The molecule has 0 spiro atoms. The normalized spacial score (nSPS) is 17.6. The van der Waals surface area contributed by atoms with Crippen molar-refractivity contribution in [1.29, 1.82) is 0 Å². The van der Waals surface area contributed by atoms with Crippen LogP contribution < -0.4 is 4.74 Å². The number of benzene rings is 2. The summed E-state index contributed by atoms with van der Waals surface area (Å²) in [5.41, 5.74) is 3.26. The van der Waals surface area contributed by atoms with Gasteiger partial charge in [-0.15, -0.1) is 11.3 Å². The van der Waals surface area contributed by atoms with Gasteiger partial charge < -0.3 is 14.7 Å². The van der Waals surface area contributed by atoms with E-state index in [2.05, 4.69) is 13.8 Å². The van der Waals surface area contributed by atoms with Crippen LogP contribution in [0.5, 0.6) is 5.75 Å². The highest BCUT2D eigenvalue weighted by molar-refractivity contribution is 7.09. The maximum absolute atomic E-state index is 13.2. The predicted octanol–water partition coefficient (Wildman–Crippen LogP) is 6.02. The van der Waals surface area contributed by atoms with Crippen LogP contribution in [0, 0.1) is 19.8 Å². The van der Waals surface area contributed by atoms with Gasteiger partial charge in [0, 0.05) is 10.4 Å². The molecule has 1 fully saturated rings. The van der Waals surface area contributed by atoms with Gasteiger partial charge in [-0.2, -0.15) is 0 Å². The zero-order chi connectivity index (χ0) is 24.4. The second-order valence-electron chi connectivity index (χ2n) is 9.11. The van der Waals surface area contributed by atoms with Crippen LogP contribution in [0.15, 0.2) is 65.6 Å². The molecule has 0 saturated carbocycles. The van der Waals surface area contributed by atoms with Crippen LogP contribution in [0.4, 0.5) is 0 Å². The van der Waals surface area contributed by atoms with Crippen molar-refractivity contribution < 1.29 is 19.4 Å². The van der Waals surface area contributed by atoms with E-state index in [4.69, 9.17) is 4.74 Å². The Morgan fingerprint density at radius 3 is 2.53 bits per heavy atom. The van der Waals surface area contributed by atoms with E-state index >= 15 is 0 Å². The molecule has 5 nitrogen and oxygen atoms in total. The number of hydrogen-bond donors (Lipinski definition) is 1. The topological polar surface area (TPSA) is 66.8 Å². The summed E-state index contributed by atoms with van der Waals surface area (Å²) in [5, 5.41) is 13.3. The number of amides is 1. The molecule has 1 aromatic heterocycles. The van der Waals surface area contributed by atoms with Crippen LogP contribution in [-0.4, -0.2) is 28.3 Å². The SMILES string of the molecule is Cc1cccc(C2/C(=C(/O)c3ccc(OCC(C)C)c(C)c3)C(=O)C(=O)N2Cc2cccs2)c1. The minimum atomic E-state index is -0.668. The molecular formula is C28H29NO4S. The lowest BCUT2D eigenvalue weighted by Gasteiger charge is -2.25. The third kappa shape index (κ3) is 4.77. The van der Waals surface area contributed by atoms with E-state index in [1.54, 1.807) is 23.1 Å². The highest BCUT2D eigenvalue weighted by Crippen LogP contribution is 2.41. The smallest absolute Gasteiger partial charge is 0.295 e. The first-order valence-corrected chi connectivity index (χ1v) is 12.3. The predicted molar refractivity (Wildman–Crippen MR) is 135 cm³/mol. The molecule has 1 unspecified atom stereocenters. The Morgan fingerprint density at radius 1 is 1.09 bits per heavy atom. The summed E-state index contributed by atoms with van der Waals surface area (Å²) in [6.07, 6.45) is 0. The Labute approximate surface area is 204 Å². The zero-order valence-electron chi connectivity index (χ0n) is 19.9. The highest BCUT2D eigenvalue weighted by atomic mass is 32.1. The number of aliphatic hydroxyl groups excluding tert-OH is 1. The largest absolute Gasteiger partial charge is 0.507 e. The summed E-state index contributed by atoms with van der Waals surface area (Å²) in [6.45, 7) is 8.92. The van der Waals surface area contributed by atoms with Crippen LogP contribution in [0.3, 0.4) is 0 Å². The second kappa shape index (κ2) is 9.85. The summed E-state index contributed by atoms with van der Waals surface area (Å²) in [7, 11) is 0. The van der Waals surface area contributed by atoms with Crippen molar-refractivity contribution in [3.05, 3.63) is 92.7 Å². The van der Waals surface area contributed by atoms with Crippen LogP contribution >= 0.6 is 11.3 Å². The Kier molecular flexibility index (Phi) is 6.89. The molecule has 3 aromatic rings. The first kappa shape index (κ1) is 23.8. The molecule has 1 aliphatic heterocycles. The Bertz CT molecular complexity index is 1240. The molecule has 1 N–H and O–H groups in total. The Hall–Kier alpha value is -3.38. The fraction of sp³-hybridized carbons (Fsp3) is 0.286. The maximum Gasteiger partial charge on any atom is 0.295 e. The number of aryl methyl sites for hydroxylation is 2. The summed E-state index contributed by atoms with van der Waals surface area (Å²) >= 11 is 1.53. The molecule has 0 bridgehead atoms. The number of aliphatic hydroxyl groups is 1. The molecule has 4 rings (SSSR count). The van der Waals surface area contributed by atoms with Gasteiger partial charge >= 0.3 is 0 Å². The average Bonchev–Trinajstić information content (AvgIpc) is 3.40. The molecule has 176 valence electrons. The van der Waals surface area contributed by atoms with Crippen LogP contribution in [0.2, 0.25) is 0 Å². The van der Waals surface area contributed by atoms with E-state index in [-0.39, 0.29) is 11.3 Å². The quantitative estimate of drug-likeness (QED) is 0.258. The third-order valence-electron chi connectivity index (χ3n) is 5.82. The van der Waals surface area contributed by atoms with Crippen LogP contribution in [-0.2, 0) is 16.1 Å². The van der Waals surface area contributed by atoms with Gasteiger partial charge in [-0.1, -0.05) is 49.7 Å². The number of Topliss-reactive ketones (excluding diaryl/α,β-unsaturated/α-hetero) is 1. The fourth-order valence-corrected chi connectivity index (χ4v) is 4.87. The lowest BCUT2D eigenvalue weighted by molar-refractivity contribution is -0.140. The minimum absolute atomic E-state index is 0.113. The number of thiophene rings is 1. The van der Waals surface area contributed by atoms with E-state index in [1.807, 2.05) is 55.6 Å². The standard InChI is InChI=1S/C28H29NO4S/c1-17(2)16-33-23-11-10-21(14-19(23)4)26(30)24-25(20-8-5-7-18(3)13-20)29(28(32)27(24)31)15-22-9-6-12-34-22/h5-14,17,25,30H,15-16H2,1-4H3/b26-24-. The number of carbonyl (C=O) groups excluding carboxylic acids is 2. The third-order valence-corrected chi connectivity index (χ3v) is 6.69. The molecule has 1 atom stereocenters. The summed E-state index contributed by atoms with van der Waals surface area (Å²) < 4.78 is 5.85. The van der Waals surface area contributed by atoms with Crippen molar-refractivity contribution in [2.75, 3.05) is 6.61 Å². The van der Waals surface area contributed by atoms with Gasteiger partial charge in [-0.05, 0) is 60.5 Å². The Morgan fingerprint density at radius 2 is 1.88 bits per heavy atom. The van der Waals surface area contributed by atoms with Gasteiger partial charge in [-0.3, -0.25) is 9.59 Å². The molecule has 2 aromatic carbocycles. The van der Waals surface area contributed by atoms with Crippen molar-refractivity contribution in [3.8, 4) is 5.75 Å². The minimum Gasteiger partial charge on any atom is -0.507 e. The van der Waals surface area contributed by atoms with Crippen molar-refractivity contribution in [2.45, 2.75) is 40.3 Å². The molecule has 0 radical (unpaired) electrons. The summed E-state index contributed by atoms with van der Waals surface area (Å²) in [6, 6.07) is 16.2. The molecule has 6 heteroatoms. The van der Waals surface area contributed by atoms with Crippen LogP contribution in [0.25, 0.3) is 5.76 Å². The zero-order valence-corrected chi connectivity index (χ0v) is 20.7. The van der Waals surface area contributed by atoms with E-state index in [0.29, 0.717) is 24.6 Å². The van der Waals surface area contributed by atoms with E-state index in [0.717, 1.165) is 27.3 Å². The van der Waals surface area contributed by atoms with Crippen molar-refractivity contribution >= 4 is 28.8 Å². The number of ether oxygens (including phenoxy) is 1. The van der Waals surface area contributed by atoms with Gasteiger partial charge in [-0.25, -0.2) is 0 Å². The number of carbonyl (C=O) groups is 2. The monoisotopic (exact) mass is 475 g/mol. The molecule has 0 aliphatic carbocycles. The van der Waals surface area contributed by atoms with Gasteiger partial charge in [0.15, 0.2) is 0 Å². The highest BCUT2D eigenvalue weighted by Gasteiger charge is 2.46. The second-order valence-corrected chi connectivity index (χ2v) is 10.1. The van der Waals surface area contributed by atoms with Gasteiger partial charge in [0.25, 0.3) is 11.7 Å².